The number of benzene rings is 3. The zero-order chi connectivity index (χ0) is 36.4. The van der Waals surface area contributed by atoms with E-state index in [4.69, 9.17) is 31.2 Å². The van der Waals surface area contributed by atoms with Crippen LogP contribution < -0.4 is 24.8 Å². The number of rotatable bonds is 10. The van der Waals surface area contributed by atoms with Gasteiger partial charge in [0.05, 0.1) is 16.4 Å². The quantitative estimate of drug-likeness (QED) is 0.0920. The highest BCUT2D eigenvalue weighted by atomic mass is 32.1. The molecule has 0 aromatic heterocycles. The van der Waals surface area contributed by atoms with Gasteiger partial charge < -0.3 is 29.6 Å². The highest BCUT2D eigenvalue weighted by Gasteiger charge is 2.54. The van der Waals surface area contributed by atoms with Crippen LogP contribution in [0.1, 0.15) is 115 Å². The molecule has 266 valence electrons. The summed E-state index contributed by atoms with van der Waals surface area (Å²) in [6.45, 7) is 15.9. The van der Waals surface area contributed by atoms with E-state index in [2.05, 4.69) is 24.5 Å². The first-order valence-corrected chi connectivity index (χ1v) is 17.8. The van der Waals surface area contributed by atoms with Crippen molar-refractivity contribution in [3.05, 3.63) is 76.9 Å². The van der Waals surface area contributed by atoms with E-state index >= 15 is 0 Å². The van der Waals surface area contributed by atoms with Crippen LogP contribution in [0, 0.1) is 16.7 Å². The van der Waals surface area contributed by atoms with E-state index in [0.29, 0.717) is 44.6 Å². The predicted octanol–water partition coefficient (Wildman–Crippen LogP) is 9.05. The summed E-state index contributed by atoms with van der Waals surface area (Å²) >= 11 is 5.57. The van der Waals surface area contributed by atoms with Gasteiger partial charge in [0.1, 0.15) is 23.0 Å². The van der Waals surface area contributed by atoms with Crippen LogP contribution in [0.3, 0.4) is 0 Å². The fraction of sp³-hybridized carbons (Fsp3) is 0.450. The molecule has 0 saturated carbocycles. The molecule has 0 amide bonds. The number of anilines is 1. The first-order valence-electron chi connectivity index (χ1n) is 17.4. The summed E-state index contributed by atoms with van der Waals surface area (Å²) in [6.07, 6.45) is 5.79. The largest absolute Gasteiger partial charge is 0.456 e. The lowest BCUT2D eigenvalue weighted by atomic mass is 9.77. The van der Waals surface area contributed by atoms with Crippen molar-refractivity contribution in [1.82, 2.24) is 5.32 Å². The summed E-state index contributed by atoms with van der Waals surface area (Å²) in [7, 11) is 0. The SMILES string of the molecule is CCC(CC)CCCCNC(=S)Nc1ccc2c(c1)C(=O)OC21c2ccc(OC(=O)C(C)(C)C)cc2Oc2cc(OC(=O)C(C)(C)C)ccc21. The van der Waals surface area contributed by atoms with Gasteiger partial charge in [0.15, 0.2) is 10.7 Å². The molecule has 0 unspecified atom stereocenters. The number of carbonyl (C=O) groups is 3. The van der Waals surface area contributed by atoms with Crippen molar-refractivity contribution in [1.29, 1.82) is 0 Å². The fourth-order valence-corrected chi connectivity index (χ4v) is 6.27. The molecule has 2 heterocycles. The lowest BCUT2D eigenvalue weighted by Crippen LogP contribution is -2.33. The smallest absolute Gasteiger partial charge is 0.340 e. The van der Waals surface area contributed by atoms with Gasteiger partial charge in [0.25, 0.3) is 0 Å². The summed E-state index contributed by atoms with van der Waals surface area (Å²) in [4.78, 5) is 39.2. The minimum Gasteiger partial charge on any atom is -0.456 e. The molecule has 10 heteroatoms. The second-order valence-corrected chi connectivity index (χ2v) is 15.5. The van der Waals surface area contributed by atoms with E-state index in [0.717, 1.165) is 25.3 Å². The molecule has 0 atom stereocenters. The molecule has 9 nitrogen and oxygen atoms in total. The van der Waals surface area contributed by atoms with Crippen molar-refractivity contribution in [3.63, 3.8) is 0 Å². The van der Waals surface area contributed by atoms with E-state index in [-0.39, 0.29) is 11.5 Å². The summed E-state index contributed by atoms with van der Waals surface area (Å²) in [6, 6.07) is 15.5. The summed E-state index contributed by atoms with van der Waals surface area (Å²) in [5.74, 6) is 0.635. The number of hydrogen-bond acceptors (Lipinski definition) is 8. The Morgan fingerprint density at radius 2 is 1.34 bits per heavy atom. The first kappa shape index (κ1) is 36.8. The number of ether oxygens (including phenoxy) is 4. The van der Waals surface area contributed by atoms with Gasteiger partial charge >= 0.3 is 17.9 Å². The Balaban J connectivity index is 1.47. The van der Waals surface area contributed by atoms with Gasteiger partial charge in [0.2, 0.25) is 0 Å². The lowest BCUT2D eigenvalue weighted by Gasteiger charge is -2.36. The Kier molecular flexibility index (Phi) is 10.6. The fourth-order valence-electron chi connectivity index (χ4n) is 6.05. The Labute approximate surface area is 300 Å². The molecule has 2 N–H and O–H groups in total. The lowest BCUT2D eigenvalue weighted by molar-refractivity contribution is -0.143. The number of carbonyl (C=O) groups excluding carboxylic acids is 3. The van der Waals surface area contributed by atoms with Gasteiger partial charge in [-0.25, -0.2) is 4.79 Å². The van der Waals surface area contributed by atoms with Gasteiger partial charge in [-0.2, -0.15) is 0 Å². The van der Waals surface area contributed by atoms with Gasteiger partial charge in [-0.05, 0) is 102 Å². The second-order valence-electron chi connectivity index (χ2n) is 15.1. The molecule has 0 radical (unpaired) electrons. The normalized spacial score (nSPS) is 14.2. The van der Waals surface area contributed by atoms with Crippen LogP contribution in [0.4, 0.5) is 5.69 Å². The molecule has 0 saturated heterocycles. The highest BCUT2D eigenvalue weighted by Crippen LogP contribution is 2.57. The number of unbranched alkanes of at least 4 members (excludes halogenated alkanes) is 1. The standard InChI is InChI=1S/C40H48N2O7S/c1-9-24(10-2)13-11-12-20-41-37(50)42-25-14-17-29-28(21-25)34(43)49-40(29)30-18-15-26(46-35(44)38(3,4)5)22-32(30)48-33-23-27(16-19-31(33)40)47-36(45)39(6,7)8/h14-19,21-24H,9-13,20H2,1-8H3,(H2,41,42,50). The summed E-state index contributed by atoms with van der Waals surface area (Å²) in [5.41, 5.74) is -0.114. The molecule has 1 spiro atoms. The number of nitrogens with one attached hydrogen (secondary N) is 2. The van der Waals surface area contributed by atoms with Gasteiger partial charge in [-0.1, -0.05) is 45.6 Å². The molecule has 50 heavy (non-hydrogen) atoms. The van der Waals surface area contributed by atoms with Gasteiger partial charge in [-0.3, -0.25) is 9.59 Å². The molecule has 2 aliphatic rings. The van der Waals surface area contributed by atoms with E-state index in [9.17, 15) is 14.4 Å². The minimum absolute atomic E-state index is 0.276. The number of thiocarbonyl (C=S) groups is 1. The van der Waals surface area contributed by atoms with Crippen LogP contribution in [0.5, 0.6) is 23.0 Å². The highest BCUT2D eigenvalue weighted by molar-refractivity contribution is 7.80. The minimum atomic E-state index is -1.39. The summed E-state index contributed by atoms with van der Waals surface area (Å²) in [5, 5.41) is 6.96. The van der Waals surface area contributed by atoms with Crippen LogP contribution in [0.15, 0.2) is 54.6 Å². The van der Waals surface area contributed by atoms with Crippen LogP contribution in [-0.4, -0.2) is 29.6 Å². The molecule has 3 aromatic carbocycles. The number of fused-ring (bicyclic) bond motifs is 6. The molecule has 3 aromatic rings. The second kappa shape index (κ2) is 14.4. The topological polar surface area (TPSA) is 112 Å². The molecular formula is C40H48N2O7S. The maximum Gasteiger partial charge on any atom is 0.340 e. The monoisotopic (exact) mass is 700 g/mol. The van der Waals surface area contributed by atoms with Crippen molar-refractivity contribution >= 4 is 40.9 Å². The van der Waals surface area contributed by atoms with Crippen molar-refractivity contribution in [2.75, 3.05) is 11.9 Å². The third-order valence-corrected chi connectivity index (χ3v) is 9.38. The average molecular weight is 701 g/mol. The maximum atomic E-state index is 13.7. The van der Waals surface area contributed by atoms with E-state index in [1.54, 1.807) is 84.0 Å². The Morgan fingerprint density at radius 1 is 0.800 bits per heavy atom. The molecule has 0 bridgehead atoms. The third-order valence-electron chi connectivity index (χ3n) is 9.13. The van der Waals surface area contributed by atoms with Gasteiger partial charge in [0, 0.05) is 41.1 Å². The molecule has 5 rings (SSSR count). The predicted molar refractivity (Wildman–Crippen MR) is 197 cm³/mol. The van der Waals surface area contributed by atoms with E-state index in [1.807, 2.05) is 12.1 Å². The number of esters is 3. The Hall–Kier alpha value is -4.44. The zero-order valence-electron chi connectivity index (χ0n) is 30.3. The van der Waals surface area contributed by atoms with Crippen molar-refractivity contribution < 1.29 is 33.3 Å². The van der Waals surface area contributed by atoms with Crippen LogP contribution in [0.2, 0.25) is 0 Å². The van der Waals surface area contributed by atoms with Crippen LogP contribution >= 0.6 is 12.2 Å². The van der Waals surface area contributed by atoms with Crippen molar-refractivity contribution in [2.24, 2.45) is 16.7 Å². The zero-order valence-corrected chi connectivity index (χ0v) is 31.1. The third kappa shape index (κ3) is 7.65. The molecule has 0 aliphatic carbocycles. The van der Waals surface area contributed by atoms with Crippen molar-refractivity contribution in [2.45, 2.75) is 93.1 Å². The molecular weight excluding hydrogens is 653 g/mol. The van der Waals surface area contributed by atoms with Crippen LogP contribution in [0.25, 0.3) is 0 Å². The molecule has 2 aliphatic heterocycles. The average Bonchev–Trinajstić information content (AvgIpc) is 3.33. The molecule has 0 fully saturated rings. The Morgan fingerprint density at radius 3 is 1.86 bits per heavy atom. The first-order chi connectivity index (χ1) is 23.6. The summed E-state index contributed by atoms with van der Waals surface area (Å²) < 4.78 is 24.1. The van der Waals surface area contributed by atoms with Gasteiger partial charge in [-0.15, -0.1) is 0 Å². The van der Waals surface area contributed by atoms with Crippen molar-refractivity contribution in [3.8, 4) is 23.0 Å². The van der Waals surface area contributed by atoms with E-state index in [1.165, 1.54) is 19.3 Å². The maximum absolute atomic E-state index is 13.7. The number of hydrogen-bond donors (Lipinski definition) is 2. The van der Waals surface area contributed by atoms with E-state index < -0.39 is 34.3 Å². The Bertz CT molecular complexity index is 1720. The van der Waals surface area contributed by atoms with Crippen LogP contribution in [-0.2, 0) is 19.9 Å².